The quantitative estimate of drug-likeness (QED) is 0.652. The van der Waals surface area contributed by atoms with Crippen LogP contribution < -0.4 is 14.8 Å². The Labute approximate surface area is 146 Å². The molecular weight excluding hydrogens is 314 g/mol. The summed E-state index contributed by atoms with van der Waals surface area (Å²) in [6.45, 7) is 1.91. The Morgan fingerprint density at radius 2 is 2.00 bits per heavy atom. The number of rotatable bonds is 2. The second kappa shape index (κ2) is 5.38. The lowest BCUT2D eigenvalue weighted by molar-refractivity contribution is 0.101. The van der Waals surface area contributed by atoms with Crippen molar-refractivity contribution in [1.29, 1.82) is 0 Å². The predicted molar refractivity (Wildman–Crippen MR) is 95.4 cm³/mol. The summed E-state index contributed by atoms with van der Waals surface area (Å²) in [5, 5.41) is 3.69. The molecule has 2 heterocycles. The number of nitrogens with one attached hydrogen (secondary N) is 1. The van der Waals surface area contributed by atoms with Crippen LogP contribution in [0.2, 0.25) is 0 Å². The topological polar surface area (TPSA) is 47.6 Å². The number of carbonyl (C=O) groups excluding carboxylic acids is 1. The van der Waals surface area contributed by atoms with Crippen LogP contribution in [0.1, 0.15) is 46.8 Å². The molecular formula is C21H19NO3. The van der Waals surface area contributed by atoms with Crippen LogP contribution in [-0.4, -0.2) is 12.6 Å². The molecule has 0 amide bonds. The monoisotopic (exact) mass is 333 g/mol. The van der Waals surface area contributed by atoms with Gasteiger partial charge in [0.25, 0.3) is 0 Å². The standard InChI is InChI=1S/C21H19NO3/c1-12(23)13-5-7-18-17(9-13)15-3-2-4-16(15)21(22-18)14-6-8-19-20(10-14)25-11-24-19/h2-3,5-10,15-16,21-22H,4,11H2,1H3. The van der Waals surface area contributed by atoms with Crippen LogP contribution >= 0.6 is 0 Å². The average molecular weight is 333 g/mol. The molecule has 0 aromatic heterocycles. The van der Waals surface area contributed by atoms with E-state index in [2.05, 4.69) is 29.6 Å². The van der Waals surface area contributed by atoms with Crippen LogP contribution in [0, 0.1) is 5.92 Å². The molecule has 0 spiro atoms. The zero-order valence-corrected chi connectivity index (χ0v) is 14.0. The fraction of sp³-hybridized carbons (Fsp3) is 0.286. The first-order valence-electron chi connectivity index (χ1n) is 8.68. The molecule has 4 nitrogen and oxygen atoms in total. The van der Waals surface area contributed by atoms with Crippen molar-refractivity contribution in [3.8, 4) is 11.5 Å². The van der Waals surface area contributed by atoms with Gasteiger partial charge in [-0.05, 0) is 60.7 Å². The van der Waals surface area contributed by atoms with E-state index in [9.17, 15) is 4.79 Å². The van der Waals surface area contributed by atoms with Gasteiger partial charge < -0.3 is 14.8 Å². The molecule has 0 saturated heterocycles. The van der Waals surface area contributed by atoms with Gasteiger partial charge in [-0.2, -0.15) is 0 Å². The van der Waals surface area contributed by atoms with Crippen LogP contribution in [-0.2, 0) is 0 Å². The Kier molecular flexibility index (Phi) is 3.14. The lowest BCUT2D eigenvalue weighted by atomic mass is 9.76. The predicted octanol–water partition coefficient (Wildman–Crippen LogP) is 4.44. The first kappa shape index (κ1) is 14.6. The highest BCUT2D eigenvalue weighted by atomic mass is 16.7. The van der Waals surface area contributed by atoms with Crippen LogP contribution in [0.5, 0.6) is 11.5 Å². The summed E-state index contributed by atoms with van der Waals surface area (Å²) >= 11 is 0. The summed E-state index contributed by atoms with van der Waals surface area (Å²) in [4.78, 5) is 11.8. The van der Waals surface area contributed by atoms with Gasteiger partial charge in [0, 0.05) is 17.2 Å². The van der Waals surface area contributed by atoms with E-state index in [4.69, 9.17) is 9.47 Å². The maximum Gasteiger partial charge on any atom is 0.231 e. The molecule has 0 fully saturated rings. The highest BCUT2D eigenvalue weighted by Crippen LogP contribution is 2.50. The van der Waals surface area contributed by atoms with Gasteiger partial charge in [0.05, 0.1) is 6.04 Å². The third-order valence-electron chi connectivity index (χ3n) is 5.53. The largest absolute Gasteiger partial charge is 0.454 e. The summed E-state index contributed by atoms with van der Waals surface area (Å²) in [5.74, 6) is 2.52. The first-order chi connectivity index (χ1) is 12.2. The number of fused-ring (bicyclic) bond motifs is 4. The minimum atomic E-state index is 0.110. The van der Waals surface area contributed by atoms with Gasteiger partial charge in [-0.3, -0.25) is 4.79 Å². The van der Waals surface area contributed by atoms with Gasteiger partial charge in [-0.25, -0.2) is 0 Å². The van der Waals surface area contributed by atoms with Crippen molar-refractivity contribution in [2.45, 2.75) is 25.3 Å². The molecule has 1 aliphatic carbocycles. The Hall–Kier alpha value is -2.75. The molecule has 2 aromatic carbocycles. The Morgan fingerprint density at radius 1 is 1.12 bits per heavy atom. The molecule has 5 rings (SSSR count). The minimum absolute atomic E-state index is 0.110. The van der Waals surface area contributed by atoms with Crippen molar-refractivity contribution in [3.05, 3.63) is 65.2 Å². The zero-order valence-electron chi connectivity index (χ0n) is 14.0. The van der Waals surface area contributed by atoms with Gasteiger partial charge in [-0.15, -0.1) is 0 Å². The smallest absolute Gasteiger partial charge is 0.231 e. The zero-order chi connectivity index (χ0) is 17.0. The van der Waals surface area contributed by atoms with E-state index >= 15 is 0 Å². The first-order valence-corrected chi connectivity index (χ1v) is 8.68. The van der Waals surface area contributed by atoms with Gasteiger partial charge in [0.2, 0.25) is 6.79 Å². The van der Waals surface area contributed by atoms with Crippen molar-refractivity contribution >= 4 is 11.5 Å². The number of carbonyl (C=O) groups is 1. The molecule has 25 heavy (non-hydrogen) atoms. The highest BCUT2D eigenvalue weighted by molar-refractivity contribution is 5.95. The van der Waals surface area contributed by atoms with E-state index in [1.54, 1.807) is 6.92 Å². The molecule has 0 saturated carbocycles. The number of benzene rings is 2. The number of anilines is 1. The number of hydrogen-bond acceptors (Lipinski definition) is 4. The van der Waals surface area contributed by atoms with Gasteiger partial charge in [0.15, 0.2) is 17.3 Å². The van der Waals surface area contributed by atoms with E-state index in [-0.39, 0.29) is 11.8 Å². The van der Waals surface area contributed by atoms with Gasteiger partial charge >= 0.3 is 0 Å². The molecule has 126 valence electrons. The summed E-state index contributed by atoms with van der Waals surface area (Å²) < 4.78 is 11.0. The molecule has 0 bridgehead atoms. The second-order valence-corrected chi connectivity index (χ2v) is 6.95. The van der Waals surface area contributed by atoms with Crippen LogP contribution in [0.25, 0.3) is 0 Å². The van der Waals surface area contributed by atoms with Crippen molar-refractivity contribution in [2.24, 2.45) is 5.92 Å². The summed E-state index contributed by atoms with van der Waals surface area (Å²) in [6.07, 6.45) is 5.57. The number of ether oxygens (including phenoxy) is 2. The summed E-state index contributed by atoms with van der Waals surface area (Å²) in [5.41, 5.74) is 4.33. The van der Waals surface area contributed by atoms with Crippen molar-refractivity contribution in [2.75, 3.05) is 12.1 Å². The van der Waals surface area contributed by atoms with Crippen molar-refractivity contribution in [1.82, 2.24) is 0 Å². The summed E-state index contributed by atoms with van der Waals surface area (Å²) in [6, 6.07) is 12.4. The third-order valence-corrected chi connectivity index (χ3v) is 5.53. The fourth-order valence-corrected chi connectivity index (χ4v) is 4.25. The lowest BCUT2D eigenvalue weighted by Crippen LogP contribution is -2.29. The lowest BCUT2D eigenvalue weighted by Gasteiger charge is -2.37. The second-order valence-electron chi connectivity index (χ2n) is 6.95. The fourth-order valence-electron chi connectivity index (χ4n) is 4.25. The number of hydrogen-bond donors (Lipinski definition) is 1. The molecule has 2 aromatic rings. The van der Waals surface area contributed by atoms with Crippen molar-refractivity contribution < 1.29 is 14.3 Å². The molecule has 4 heteroatoms. The highest BCUT2D eigenvalue weighted by Gasteiger charge is 2.38. The maximum absolute atomic E-state index is 11.8. The molecule has 1 N–H and O–H groups in total. The molecule has 3 aliphatic rings. The maximum atomic E-state index is 11.8. The Balaban J connectivity index is 1.56. The number of allylic oxidation sites excluding steroid dienone is 2. The molecule has 0 radical (unpaired) electrons. The number of Topliss-reactive ketones (excluding diaryl/α,β-unsaturated/α-hetero) is 1. The van der Waals surface area contributed by atoms with Crippen LogP contribution in [0.4, 0.5) is 5.69 Å². The van der Waals surface area contributed by atoms with Crippen molar-refractivity contribution in [3.63, 3.8) is 0 Å². The molecule has 2 aliphatic heterocycles. The molecule has 3 atom stereocenters. The average Bonchev–Trinajstić information content (AvgIpc) is 3.29. The summed E-state index contributed by atoms with van der Waals surface area (Å²) in [7, 11) is 0. The van der Waals surface area contributed by atoms with E-state index in [1.807, 2.05) is 24.3 Å². The normalized spacial score (nSPS) is 25.2. The number of ketones is 1. The Bertz CT molecular complexity index is 902. The van der Waals surface area contributed by atoms with Crippen LogP contribution in [0.15, 0.2) is 48.6 Å². The van der Waals surface area contributed by atoms with E-state index in [0.29, 0.717) is 18.6 Å². The van der Waals surface area contributed by atoms with Gasteiger partial charge in [-0.1, -0.05) is 18.2 Å². The molecule has 3 unspecified atom stereocenters. The van der Waals surface area contributed by atoms with E-state index in [1.165, 1.54) is 11.1 Å². The van der Waals surface area contributed by atoms with Gasteiger partial charge in [0.1, 0.15) is 0 Å². The Morgan fingerprint density at radius 3 is 2.88 bits per heavy atom. The minimum Gasteiger partial charge on any atom is -0.454 e. The van der Waals surface area contributed by atoms with E-state index < -0.39 is 0 Å². The SMILES string of the molecule is CC(=O)c1ccc2c(c1)C1C=CCC1C(c1ccc3c(c1)OCO3)N2. The third kappa shape index (κ3) is 2.24. The van der Waals surface area contributed by atoms with Crippen LogP contribution in [0.3, 0.4) is 0 Å². The van der Waals surface area contributed by atoms with E-state index in [0.717, 1.165) is 29.2 Å².